The van der Waals surface area contributed by atoms with Crippen molar-refractivity contribution in [3.05, 3.63) is 18.0 Å². The normalized spacial score (nSPS) is 12.9. The molecule has 1 atom stereocenters. The zero-order chi connectivity index (χ0) is 15.7. The topological polar surface area (TPSA) is 54.2 Å². The third kappa shape index (κ3) is 9.27. The summed E-state index contributed by atoms with van der Waals surface area (Å²) < 4.78 is 1.81. The van der Waals surface area contributed by atoms with Crippen LogP contribution in [0, 0.1) is 5.92 Å². The van der Waals surface area contributed by atoms with Crippen molar-refractivity contribution >= 4 is 29.9 Å². The fourth-order valence-electron chi connectivity index (χ4n) is 2.18. The molecule has 1 unspecified atom stereocenters. The minimum atomic E-state index is 0. The summed E-state index contributed by atoms with van der Waals surface area (Å²) in [4.78, 5) is 4.62. The molecular formula is C16H32IN5. The van der Waals surface area contributed by atoms with Crippen LogP contribution in [0.15, 0.2) is 17.4 Å². The van der Waals surface area contributed by atoms with Crippen LogP contribution in [-0.4, -0.2) is 28.3 Å². The molecule has 0 amide bonds. The first kappa shape index (κ1) is 21.2. The Morgan fingerprint density at radius 3 is 2.59 bits per heavy atom. The highest BCUT2D eigenvalue weighted by molar-refractivity contribution is 14.0. The zero-order valence-electron chi connectivity index (χ0n) is 14.6. The Morgan fingerprint density at radius 2 is 2.05 bits per heavy atom. The van der Waals surface area contributed by atoms with Crippen molar-refractivity contribution in [3.8, 4) is 0 Å². The first-order valence-corrected chi connectivity index (χ1v) is 8.03. The first-order valence-electron chi connectivity index (χ1n) is 8.03. The molecule has 0 aromatic carbocycles. The van der Waals surface area contributed by atoms with Crippen LogP contribution in [0.4, 0.5) is 0 Å². The van der Waals surface area contributed by atoms with Crippen molar-refractivity contribution < 1.29 is 0 Å². The molecule has 0 bridgehead atoms. The van der Waals surface area contributed by atoms with Crippen LogP contribution >= 0.6 is 24.0 Å². The molecule has 1 aromatic rings. The van der Waals surface area contributed by atoms with E-state index in [-0.39, 0.29) is 24.0 Å². The van der Waals surface area contributed by atoms with Gasteiger partial charge >= 0.3 is 0 Å². The first-order chi connectivity index (χ1) is 10.0. The standard InChI is InChI=1S/C16H31N5.HI/c1-6-17-16(18-10-15-11-19-21(5)12-15)20-14(4)9-7-8-13(2)3;/h11-14H,6-10H2,1-5H3,(H2,17,18,20);1H. The molecular weight excluding hydrogens is 389 g/mol. The maximum absolute atomic E-state index is 4.62. The molecule has 0 fully saturated rings. The largest absolute Gasteiger partial charge is 0.357 e. The third-order valence-corrected chi connectivity index (χ3v) is 3.32. The van der Waals surface area contributed by atoms with Gasteiger partial charge in [-0.1, -0.05) is 26.7 Å². The van der Waals surface area contributed by atoms with Crippen molar-refractivity contribution in [2.75, 3.05) is 6.54 Å². The third-order valence-electron chi connectivity index (χ3n) is 3.32. The molecule has 2 N–H and O–H groups in total. The summed E-state index contributed by atoms with van der Waals surface area (Å²) in [7, 11) is 1.92. The van der Waals surface area contributed by atoms with Crippen molar-refractivity contribution in [3.63, 3.8) is 0 Å². The fourth-order valence-corrected chi connectivity index (χ4v) is 2.18. The van der Waals surface area contributed by atoms with E-state index in [0.717, 1.165) is 24.0 Å². The van der Waals surface area contributed by atoms with E-state index in [1.54, 1.807) is 4.68 Å². The average Bonchev–Trinajstić information content (AvgIpc) is 2.81. The molecule has 0 aliphatic carbocycles. The minimum absolute atomic E-state index is 0. The number of nitrogens with one attached hydrogen (secondary N) is 2. The summed E-state index contributed by atoms with van der Waals surface area (Å²) in [6, 6.07) is 0.440. The summed E-state index contributed by atoms with van der Waals surface area (Å²) in [5.41, 5.74) is 1.13. The van der Waals surface area contributed by atoms with E-state index in [4.69, 9.17) is 0 Å². The number of aliphatic imine (C=N–C) groups is 1. The molecule has 128 valence electrons. The molecule has 0 saturated heterocycles. The molecule has 0 aliphatic rings. The molecule has 6 heteroatoms. The van der Waals surface area contributed by atoms with Crippen LogP contribution in [0.1, 0.15) is 52.5 Å². The van der Waals surface area contributed by atoms with Crippen molar-refractivity contribution in [1.82, 2.24) is 20.4 Å². The van der Waals surface area contributed by atoms with Gasteiger partial charge in [-0.2, -0.15) is 5.10 Å². The number of halogens is 1. The van der Waals surface area contributed by atoms with Gasteiger partial charge in [0.2, 0.25) is 0 Å². The van der Waals surface area contributed by atoms with Crippen LogP contribution in [0.2, 0.25) is 0 Å². The highest BCUT2D eigenvalue weighted by Gasteiger charge is 2.06. The van der Waals surface area contributed by atoms with Gasteiger partial charge in [-0.3, -0.25) is 4.68 Å². The van der Waals surface area contributed by atoms with E-state index in [0.29, 0.717) is 12.6 Å². The SMILES string of the molecule is CCNC(=NCc1cnn(C)c1)NC(C)CCCC(C)C.I. The highest BCUT2D eigenvalue weighted by Crippen LogP contribution is 2.08. The Morgan fingerprint density at radius 1 is 1.32 bits per heavy atom. The van der Waals surface area contributed by atoms with Crippen LogP contribution in [0.5, 0.6) is 0 Å². The van der Waals surface area contributed by atoms with E-state index in [1.807, 2.05) is 19.4 Å². The predicted octanol–water partition coefficient (Wildman–Crippen LogP) is 3.31. The minimum Gasteiger partial charge on any atom is -0.357 e. The van der Waals surface area contributed by atoms with E-state index >= 15 is 0 Å². The van der Waals surface area contributed by atoms with Crippen LogP contribution in [-0.2, 0) is 13.6 Å². The van der Waals surface area contributed by atoms with Gasteiger partial charge in [0.1, 0.15) is 0 Å². The van der Waals surface area contributed by atoms with Gasteiger partial charge in [0.05, 0.1) is 12.7 Å². The van der Waals surface area contributed by atoms with Gasteiger partial charge in [-0.05, 0) is 26.2 Å². The Labute approximate surface area is 152 Å². The Kier molecular flexibility index (Phi) is 11.3. The maximum atomic E-state index is 4.62. The summed E-state index contributed by atoms with van der Waals surface area (Å²) in [6.07, 6.45) is 7.58. The second-order valence-electron chi connectivity index (χ2n) is 6.09. The quantitative estimate of drug-likeness (QED) is 0.385. The van der Waals surface area contributed by atoms with Crippen LogP contribution in [0.3, 0.4) is 0 Å². The summed E-state index contributed by atoms with van der Waals surface area (Å²) in [5, 5.41) is 10.9. The van der Waals surface area contributed by atoms with Gasteiger partial charge in [0.25, 0.3) is 0 Å². The lowest BCUT2D eigenvalue weighted by Crippen LogP contribution is -2.42. The number of rotatable bonds is 8. The molecule has 0 aliphatic heterocycles. The van der Waals surface area contributed by atoms with Gasteiger partial charge in [-0.25, -0.2) is 4.99 Å². The summed E-state index contributed by atoms with van der Waals surface area (Å²) >= 11 is 0. The lowest BCUT2D eigenvalue weighted by atomic mass is 10.0. The number of hydrogen-bond donors (Lipinski definition) is 2. The van der Waals surface area contributed by atoms with E-state index in [9.17, 15) is 0 Å². The number of hydrogen-bond acceptors (Lipinski definition) is 2. The fraction of sp³-hybridized carbons (Fsp3) is 0.750. The van der Waals surface area contributed by atoms with Gasteiger partial charge in [0.15, 0.2) is 5.96 Å². The molecule has 1 aromatic heterocycles. The van der Waals surface area contributed by atoms with Gasteiger partial charge in [0, 0.05) is 31.4 Å². The summed E-state index contributed by atoms with van der Waals surface area (Å²) in [6.45, 7) is 10.4. The molecule has 1 rings (SSSR count). The number of aryl methyl sites for hydroxylation is 1. The highest BCUT2D eigenvalue weighted by atomic mass is 127. The Balaban J connectivity index is 0.00000441. The molecule has 0 radical (unpaired) electrons. The Hall–Kier alpha value is -0.790. The van der Waals surface area contributed by atoms with Crippen molar-refractivity contribution in [2.24, 2.45) is 18.0 Å². The molecule has 5 nitrogen and oxygen atoms in total. The van der Waals surface area contributed by atoms with Gasteiger partial charge in [-0.15, -0.1) is 24.0 Å². The number of guanidine groups is 1. The lowest BCUT2D eigenvalue weighted by molar-refractivity contribution is 0.491. The zero-order valence-corrected chi connectivity index (χ0v) is 16.9. The molecule has 0 spiro atoms. The number of nitrogens with zero attached hydrogens (tertiary/aromatic N) is 3. The molecule has 0 saturated carbocycles. The van der Waals surface area contributed by atoms with E-state index in [2.05, 4.69) is 48.4 Å². The van der Waals surface area contributed by atoms with E-state index < -0.39 is 0 Å². The smallest absolute Gasteiger partial charge is 0.191 e. The molecule has 22 heavy (non-hydrogen) atoms. The lowest BCUT2D eigenvalue weighted by Gasteiger charge is -2.18. The van der Waals surface area contributed by atoms with E-state index in [1.165, 1.54) is 19.3 Å². The molecule has 1 heterocycles. The summed E-state index contributed by atoms with van der Waals surface area (Å²) in [5.74, 6) is 1.67. The maximum Gasteiger partial charge on any atom is 0.191 e. The van der Waals surface area contributed by atoms with Crippen LogP contribution in [0.25, 0.3) is 0 Å². The number of aromatic nitrogens is 2. The van der Waals surface area contributed by atoms with Gasteiger partial charge < -0.3 is 10.6 Å². The average molecular weight is 421 g/mol. The second-order valence-corrected chi connectivity index (χ2v) is 6.09. The monoisotopic (exact) mass is 421 g/mol. The van der Waals surface area contributed by atoms with Crippen LogP contribution < -0.4 is 10.6 Å². The predicted molar refractivity (Wildman–Crippen MR) is 105 cm³/mol. The van der Waals surface area contributed by atoms with Crippen molar-refractivity contribution in [2.45, 2.75) is 59.5 Å². The Bertz CT molecular complexity index is 428. The second kappa shape index (κ2) is 11.7. The van der Waals surface area contributed by atoms with Crippen molar-refractivity contribution in [1.29, 1.82) is 0 Å².